The van der Waals surface area contributed by atoms with E-state index in [0.717, 1.165) is 23.9 Å². The number of para-hydroxylation sites is 2. The van der Waals surface area contributed by atoms with E-state index in [1.54, 1.807) is 33.7 Å². The number of piperidine rings is 1. The molecule has 0 radical (unpaired) electrons. The lowest BCUT2D eigenvalue weighted by atomic mass is 10.0. The molecule has 0 unspecified atom stereocenters. The van der Waals surface area contributed by atoms with Gasteiger partial charge in [-0.25, -0.2) is 4.79 Å². The number of nitriles is 1. The molecule has 4 rings (SSSR count). The summed E-state index contributed by atoms with van der Waals surface area (Å²) in [6.07, 6.45) is 1.44. The monoisotopic (exact) mass is 376 g/mol. The maximum atomic E-state index is 12.5. The topological polar surface area (TPSA) is 91.1 Å². The van der Waals surface area contributed by atoms with Gasteiger partial charge in [0, 0.05) is 19.1 Å². The summed E-state index contributed by atoms with van der Waals surface area (Å²) in [6, 6.07) is 16.5. The molecule has 7 nitrogen and oxygen atoms in total. The normalized spacial score (nSPS) is 14.8. The van der Waals surface area contributed by atoms with Gasteiger partial charge >= 0.3 is 5.69 Å². The number of imidazole rings is 1. The molecule has 1 amide bonds. The predicted octanol–water partition coefficient (Wildman–Crippen LogP) is 2.44. The molecule has 0 saturated carbocycles. The maximum Gasteiger partial charge on any atom is 0.326 e. The van der Waals surface area contributed by atoms with Gasteiger partial charge in [-0.2, -0.15) is 5.26 Å². The Morgan fingerprint density at radius 2 is 1.96 bits per heavy atom. The van der Waals surface area contributed by atoms with Crippen molar-refractivity contribution in [3.63, 3.8) is 0 Å². The van der Waals surface area contributed by atoms with E-state index in [9.17, 15) is 9.59 Å². The molecule has 0 bridgehead atoms. The van der Waals surface area contributed by atoms with E-state index in [1.807, 2.05) is 30.3 Å². The minimum Gasteiger partial charge on any atom is -0.484 e. The number of carbonyl (C=O) groups is 1. The number of H-pyrrole nitrogens is 1. The highest BCUT2D eigenvalue weighted by Crippen LogP contribution is 2.25. The Morgan fingerprint density at radius 1 is 1.18 bits per heavy atom. The third-order valence-corrected chi connectivity index (χ3v) is 5.13. The van der Waals surface area contributed by atoms with Gasteiger partial charge in [0.25, 0.3) is 5.91 Å². The van der Waals surface area contributed by atoms with Crippen molar-refractivity contribution >= 4 is 16.9 Å². The smallest absolute Gasteiger partial charge is 0.326 e. The Kier molecular flexibility index (Phi) is 4.85. The Bertz CT molecular complexity index is 1100. The summed E-state index contributed by atoms with van der Waals surface area (Å²) in [6.45, 7) is 1.10. The summed E-state index contributed by atoms with van der Waals surface area (Å²) in [5, 5.41) is 8.92. The highest BCUT2D eigenvalue weighted by molar-refractivity contribution is 5.78. The van der Waals surface area contributed by atoms with Crippen molar-refractivity contribution in [2.75, 3.05) is 19.7 Å². The number of carbonyl (C=O) groups excluding carboxylic acids is 1. The van der Waals surface area contributed by atoms with Crippen LogP contribution >= 0.6 is 0 Å². The van der Waals surface area contributed by atoms with E-state index in [0.29, 0.717) is 24.4 Å². The fraction of sp³-hybridized carbons (Fsp3) is 0.286. The summed E-state index contributed by atoms with van der Waals surface area (Å²) in [7, 11) is 0. The van der Waals surface area contributed by atoms with E-state index in [-0.39, 0.29) is 24.2 Å². The third kappa shape index (κ3) is 3.49. The Hall–Kier alpha value is -3.53. The molecule has 7 heteroatoms. The largest absolute Gasteiger partial charge is 0.484 e. The molecule has 1 aromatic heterocycles. The summed E-state index contributed by atoms with van der Waals surface area (Å²) in [4.78, 5) is 29.5. The van der Waals surface area contributed by atoms with Crippen LogP contribution in [0.4, 0.5) is 0 Å². The van der Waals surface area contributed by atoms with E-state index in [2.05, 4.69) is 4.98 Å². The molecule has 1 fully saturated rings. The summed E-state index contributed by atoms with van der Waals surface area (Å²) in [5.41, 5.74) is 2.12. The van der Waals surface area contributed by atoms with Crippen LogP contribution in [0.25, 0.3) is 11.0 Å². The first-order chi connectivity index (χ1) is 13.7. The molecule has 2 heterocycles. The molecule has 1 saturated heterocycles. The van der Waals surface area contributed by atoms with Crippen LogP contribution in [0.3, 0.4) is 0 Å². The molecule has 28 heavy (non-hydrogen) atoms. The average Bonchev–Trinajstić information content (AvgIpc) is 3.08. The summed E-state index contributed by atoms with van der Waals surface area (Å²) < 4.78 is 7.34. The van der Waals surface area contributed by atoms with Crippen LogP contribution in [-0.4, -0.2) is 40.1 Å². The lowest BCUT2D eigenvalue weighted by Crippen LogP contribution is -2.42. The van der Waals surface area contributed by atoms with E-state index in [4.69, 9.17) is 10.00 Å². The van der Waals surface area contributed by atoms with Gasteiger partial charge in [0.05, 0.1) is 22.7 Å². The first-order valence-corrected chi connectivity index (χ1v) is 9.25. The van der Waals surface area contributed by atoms with Crippen LogP contribution < -0.4 is 10.4 Å². The number of nitrogens with one attached hydrogen (secondary N) is 1. The van der Waals surface area contributed by atoms with Gasteiger partial charge in [-0.1, -0.05) is 18.2 Å². The van der Waals surface area contributed by atoms with Crippen molar-refractivity contribution in [3.05, 3.63) is 64.6 Å². The van der Waals surface area contributed by atoms with E-state index >= 15 is 0 Å². The van der Waals surface area contributed by atoms with Crippen molar-refractivity contribution in [3.8, 4) is 11.8 Å². The number of rotatable bonds is 4. The SMILES string of the molecule is N#Cc1cccc(OCC(=O)N2CCC(n3c(=O)[nH]c4ccccc43)CC2)c1. The molecule has 1 aliphatic rings. The zero-order valence-corrected chi connectivity index (χ0v) is 15.3. The number of nitrogens with zero attached hydrogens (tertiary/aromatic N) is 3. The van der Waals surface area contributed by atoms with Crippen LogP contribution in [0.2, 0.25) is 0 Å². The fourth-order valence-corrected chi connectivity index (χ4v) is 3.70. The Labute approximate surface area is 161 Å². The van der Waals surface area contributed by atoms with Crippen LogP contribution in [-0.2, 0) is 4.79 Å². The Balaban J connectivity index is 1.37. The Morgan fingerprint density at radius 3 is 2.75 bits per heavy atom. The predicted molar refractivity (Wildman–Crippen MR) is 104 cm³/mol. The number of aromatic amines is 1. The van der Waals surface area contributed by atoms with Gasteiger partial charge in [-0.05, 0) is 43.2 Å². The molecule has 1 aliphatic heterocycles. The van der Waals surface area contributed by atoms with Gasteiger partial charge in [0.15, 0.2) is 6.61 Å². The quantitative estimate of drug-likeness (QED) is 0.757. The van der Waals surface area contributed by atoms with Crippen LogP contribution in [0, 0.1) is 11.3 Å². The second kappa shape index (κ2) is 7.61. The molecule has 3 aromatic rings. The van der Waals surface area contributed by atoms with Gasteiger partial charge < -0.3 is 14.6 Å². The number of hydrogen-bond acceptors (Lipinski definition) is 4. The molecule has 0 aliphatic carbocycles. The molecule has 0 atom stereocenters. The van der Waals surface area contributed by atoms with Crippen molar-refractivity contribution in [2.24, 2.45) is 0 Å². The number of aromatic nitrogens is 2. The molecule has 2 aromatic carbocycles. The second-order valence-electron chi connectivity index (χ2n) is 6.86. The zero-order valence-electron chi connectivity index (χ0n) is 15.3. The highest BCUT2D eigenvalue weighted by Gasteiger charge is 2.26. The molecular weight excluding hydrogens is 356 g/mol. The van der Waals surface area contributed by atoms with Gasteiger partial charge in [-0.3, -0.25) is 9.36 Å². The van der Waals surface area contributed by atoms with E-state index in [1.165, 1.54) is 0 Å². The highest BCUT2D eigenvalue weighted by atomic mass is 16.5. The van der Waals surface area contributed by atoms with E-state index < -0.39 is 0 Å². The number of likely N-dealkylation sites (tertiary alicyclic amines) is 1. The van der Waals surface area contributed by atoms with Crippen LogP contribution in [0.5, 0.6) is 5.75 Å². The van der Waals surface area contributed by atoms with Crippen molar-refractivity contribution in [1.29, 1.82) is 5.26 Å². The van der Waals surface area contributed by atoms with Gasteiger partial charge in [0.2, 0.25) is 0 Å². The van der Waals surface area contributed by atoms with Crippen molar-refractivity contribution < 1.29 is 9.53 Å². The number of hydrogen-bond donors (Lipinski definition) is 1. The first kappa shape index (κ1) is 17.9. The summed E-state index contributed by atoms with van der Waals surface area (Å²) in [5.74, 6) is 0.416. The molecule has 1 N–H and O–H groups in total. The second-order valence-corrected chi connectivity index (χ2v) is 6.86. The number of benzene rings is 2. The molecule has 142 valence electrons. The zero-order chi connectivity index (χ0) is 19.5. The van der Waals surface area contributed by atoms with Crippen molar-refractivity contribution in [2.45, 2.75) is 18.9 Å². The summed E-state index contributed by atoms with van der Waals surface area (Å²) >= 11 is 0. The standard InChI is InChI=1S/C21H20N4O3/c22-13-15-4-3-5-17(12-15)28-14-20(26)24-10-8-16(9-11-24)25-19-7-2-1-6-18(19)23-21(25)27/h1-7,12,16H,8-11,14H2,(H,23,27). The lowest BCUT2D eigenvalue weighted by Gasteiger charge is -2.32. The fourth-order valence-electron chi connectivity index (χ4n) is 3.70. The number of fused-ring (bicyclic) bond motifs is 1. The lowest BCUT2D eigenvalue weighted by molar-refractivity contribution is -0.134. The van der Waals surface area contributed by atoms with Crippen molar-refractivity contribution in [1.82, 2.24) is 14.5 Å². The molecule has 0 spiro atoms. The average molecular weight is 376 g/mol. The van der Waals surface area contributed by atoms with Gasteiger partial charge in [0.1, 0.15) is 5.75 Å². The maximum absolute atomic E-state index is 12.5. The number of amides is 1. The third-order valence-electron chi connectivity index (χ3n) is 5.13. The number of ether oxygens (including phenoxy) is 1. The van der Waals surface area contributed by atoms with Crippen LogP contribution in [0.15, 0.2) is 53.3 Å². The minimum absolute atomic E-state index is 0.0629. The van der Waals surface area contributed by atoms with Crippen LogP contribution in [0.1, 0.15) is 24.4 Å². The van der Waals surface area contributed by atoms with Gasteiger partial charge in [-0.15, -0.1) is 0 Å². The first-order valence-electron chi connectivity index (χ1n) is 9.25. The molecular formula is C21H20N4O3. The minimum atomic E-state index is -0.105.